The molecule has 0 unspecified atom stereocenters. The van der Waals surface area contributed by atoms with Gasteiger partial charge in [0, 0.05) is 6.04 Å². The van der Waals surface area contributed by atoms with Crippen LogP contribution in [-0.4, -0.2) is 22.7 Å². The number of fused-ring (bicyclic) bond motifs is 1. The molecule has 0 aliphatic heterocycles. The minimum atomic E-state index is 0.134. The molecule has 0 saturated heterocycles. The topological polar surface area (TPSA) is 42.0 Å². The quantitative estimate of drug-likeness (QED) is 0.846. The SMILES string of the molecule is C[C@@H]1[C@@H](C)CCC[C@H]1NC(=O)CSc1nc2ccccc2s1. The number of nitrogens with one attached hydrogen (secondary N) is 1. The van der Waals surface area contributed by atoms with Gasteiger partial charge in [-0.05, 0) is 30.4 Å². The Labute approximate surface area is 139 Å². The molecule has 1 amide bonds. The smallest absolute Gasteiger partial charge is 0.230 e. The number of thiazole rings is 1. The van der Waals surface area contributed by atoms with E-state index in [1.807, 2.05) is 18.2 Å². The number of carbonyl (C=O) groups is 1. The maximum absolute atomic E-state index is 12.2. The van der Waals surface area contributed by atoms with E-state index in [0.717, 1.165) is 16.3 Å². The third kappa shape index (κ3) is 3.63. The highest BCUT2D eigenvalue weighted by atomic mass is 32.2. The van der Waals surface area contributed by atoms with Crippen LogP contribution in [0.2, 0.25) is 0 Å². The molecule has 5 heteroatoms. The van der Waals surface area contributed by atoms with Crippen molar-refractivity contribution < 1.29 is 4.79 Å². The predicted molar refractivity (Wildman–Crippen MR) is 94.5 cm³/mol. The van der Waals surface area contributed by atoms with Gasteiger partial charge >= 0.3 is 0 Å². The average molecular weight is 335 g/mol. The third-order valence-electron chi connectivity index (χ3n) is 4.65. The van der Waals surface area contributed by atoms with Crippen LogP contribution in [0, 0.1) is 11.8 Å². The number of rotatable bonds is 4. The lowest BCUT2D eigenvalue weighted by Crippen LogP contribution is -2.44. The van der Waals surface area contributed by atoms with Gasteiger partial charge in [0.15, 0.2) is 4.34 Å². The Morgan fingerprint density at radius 2 is 2.18 bits per heavy atom. The van der Waals surface area contributed by atoms with E-state index in [9.17, 15) is 4.79 Å². The summed E-state index contributed by atoms with van der Waals surface area (Å²) in [5, 5.41) is 3.22. The van der Waals surface area contributed by atoms with Gasteiger partial charge in [-0.25, -0.2) is 4.98 Å². The lowest BCUT2D eigenvalue weighted by molar-refractivity contribution is -0.119. The lowest BCUT2D eigenvalue weighted by Gasteiger charge is -2.34. The van der Waals surface area contributed by atoms with E-state index in [1.165, 1.54) is 17.5 Å². The van der Waals surface area contributed by atoms with Crippen molar-refractivity contribution in [3.8, 4) is 0 Å². The fourth-order valence-electron chi connectivity index (χ4n) is 3.07. The molecule has 22 heavy (non-hydrogen) atoms. The van der Waals surface area contributed by atoms with Gasteiger partial charge in [-0.3, -0.25) is 4.79 Å². The zero-order chi connectivity index (χ0) is 15.5. The highest BCUT2D eigenvalue weighted by Gasteiger charge is 2.28. The summed E-state index contributed by atoms with van der Waals surface area (Å²) in [5.41, 5.74) is 1.02. The van der Waals surface area contributed by atoms with Crippen LogP contribution in [0.25, 0.3) is 10.2 Å². The molecule has 2 aromatic rings. The molecule has 1 aromatic heterocycles. The Kier molecular flexibility index (Phi) is 5.03. The highest BCUT2D eigenvalue weighted by Crippen LogP contribution is 2.31. The summed E-state index contributed by atoms with van der Waals surface area (Å²) in [6, 6.07) is 8.44. The van der Waals surface area contributed by atoms with Crippen molar-refractivity contribution in [1.82, 2.24) is 10.3 Å². The lowest BCUT2D eigenvalue weighted by atomic mass is 9.78. The molecule has 3 nitrogen and oxygen atoms in total. The first-order valence-electron chi connectivity index (χ1n) is 7.91. The van der Waals surface area contributed by atoms with Gasteiger partial charge in [-0.1, -0.05) is 50.6 Å². The molecule has 118 valence electrons. The summed E-state index contributed by atoms with van der Waals surface area (Å²) in [4.78, 5) is 16.8. The molecule has 1 heterocycles. The first kappa shape index (κ1) is 15.8. The summed E-state index contributed by atoms with van der Waals surface area (Å²) in [6.07, 6.45) is 3.62. The van der Waals surface area contributed by atoms with E-state index in [0.29, 0.717) is 23.6 Å². The number of para-hydroxylation sites is 1. The van der Waals surface area contributed by atoms with Crippen LogP contribution < -0.4 is 5.32 Å². The van der Waals surface area contributed by atoms with Gasteiger partial charge in [-0.2, -0.15) is 0 Å². The molecule has 3 rings (SSSR count). The fraction of sp³-hybridized carbons (Fsp3) is 0.529. The largest absolute Gasteiger partial charge is 0.352 e. The molecule has 1 N–H and O–H groups in total. The minimum Gasteiger partial charge on any atom is -0.352 e. The van der Waals surface area contributed by atoms with E-state index < -0.39 is 0 Å². The fourth-order valence-corrected chi connectivity index (χ4v) is 4.95. The number of hydrogen-bond acceptors (Lipinski definition) is 4. The molecule has 1 aliphatic carbocycles. The Morgan fingerprint density at radius 3 is 3.00 bits per heavy atom. The summed E-state index contributed by atoms with van der Waals surface area (Å²) >= 11 is 3.20. The van der Waals surface area contributed by atoms with Crippen LogP contribution >= 0.6 is 23.1 Å². The Balaban J connectivity index is 1.53. The van der Waals surface area contributed by atoms with E-state index in [-0.39, 0.29) is 5.91 Å². The molecule has 1 saturated carbocycles. The molecule has 3 atom stereocenters. The first-order valence-corrected chi connectivity index (χ1v) is 9.71. The van der Waals surface area contributed by atoms with Crippen molar-refractivity contribution in [3.63, 3.8) is 0 Å². The summed E-state index contributed by atoms with van der Waals surface area (Å²) < 4.78 is 2.15. The van der Waals surface area contributed by atoms with Crippen molar-refractivity contribution in [2.45, 2.75) is 43.5 Å². The van der Waals surface area contributed by atoms with E-state index in [2.05, 4.69) is 30.2 Å². The van der Waals surface area contributed by atoms with Gasteiger partial charge in [0.05, 0.1) is 16.0 Å². The van der Waals surface area contributed by atoms with Crippen molar-refractivity contribution in [2.75, 3.05) is 5.75 Å². The van der Waals surface area contributed by atoms with Crippen LogP contribution in [0.5, 0.6) is 0 Å². The monoisotopic (exact) mass is 334 g/mol. The third-order valence-corrected chi connectivity index (χ3v) is 6.83. The molecule has 0 bridgehead atoms. The zero-order valence-electron chi connectivity index (χ0n) is 13.0. The minimum absolute atomic E-state index is 0.134. The van der Waals surface area contributed by atoms with Crippen LogP contribution in [0.3, 0.4) is 0 Å². The average Bonchev–Trinajstić information content (AvgIpc) is 2.93. The maximum atomic E-state index is 12.2. The Morgan fingerprint density at radius 1 is 1.36 bits per heavy atom. The van der Waals surface area contributed by atoms with Crippen LogP contribution in [-0.2, 0) is 4.79 Å². The molecule has 1 fully saturated rings. The van der Waals surface area contributed by atoms with Crippen LogP contribution in [0.4, 0.5) is 0 Å². The van der Waals surface area contributed by atoms with Crippen LogP contribution in [0.15, 0.2) is 28.6 Å². The van der Waals surface area contributed by atoms with Gasteiger partial charge in [0.25, 0.3) is 0 Å². The first-order chi connectivity index (χ1) is 10.6. The number of carbonyl (C=O) groups excluding carboxylic acids is 1. The van der Waals surface area contributed by atoms with Crippen molar-refractivity contribution in [3.05, 3.63) is 24.3 Å². The summed E-state index contributed by atoms with van der Waals surface area (Å²) in [5.74, 6) is 1.87. The second-order valence-electron chi connectivity index (χ2n) is 6.18. The van der Waals surface area contributed by atoms with Crippen molar-refractivity contribution in [2.24, 2.45) is 11.8 Å². The van der Waals surface area contributed by atoms with Gasteiger partial charge in [0.1, 0.15) is 0 Å². The molecular weight excluding hydrogens is 312 g/mol. The number of thioether (sulfide) groups is 1. The van der Waals surface area contributed by atoms with Gasteiger partial charge in [0.2, 0.25) is 5.91 Å². The number of hydrogen-bond donors (Lipinski definition) is 1. The number of aromatic nitrogens is 1. The molecule has 1 aliphatic rings. The predicted octanol–water partition coefficient (Wildman–Crippen LogP) is 4.33. The van der Waals surface area contributed by atoms with Crippen LogP contribution in [0.1, 0.15) is 33.1 Å². The number of amides is 1. The second-order valence-corrected chi connectivity index (χ2v) is 8.43. The number of nitrogens with zero attached hydrogens (tertiary/aromatic N) is 1. The highest BCUT2D eigenvalue weighted by molar-refractivity contribution is 8.01. The Hall–Kier alpha value is -1.07. The molecule has 1 aromatic carbocycles. The second kappa shape index (κ2) is 7.01. The normalized spacial score (nSPS) is 25.3. The van der Waals surface area contributed by atoms with Gasteiger partial charge < -0.3 is 5.32 Å². The van der Waals surface area contributed by atoms with E-state index >= 15 is 0 Å². The Bertz CT molecular complexity index is 622. The zero-order valence-corrected chi connectivity index (χ0v) is 14.7. The van der Waals surface area contributed by atoms with E-state index in [4.69, 9.17) is 0 Å². The standard InChI is InChI=1S/C17H22N2OS2/c1-11-6-5-8-13(12(11)2)18-16(20)10-21-17-19-14-7-3-4-9-15(14)22-17/h3-4,7,9,11-13H,5-6,8,10H2,1-2H3,(H,18,20)/t11-,12+,13+/m0/s1. The molecule has 0 radical (unpaired) electrons. The van der Waals surface area contributed by atoms with Crippen molar-refractivity contribution in [1.29, 1.82) is 0 Å². The maximum Gasteiger partial charge on any atom is 0.230 e. The summed E-state index contributed by atoms with van der Waals surface area (Å²) in [7, 11) is 0. The molecular formula is C17H22N2OS2. The summed E-state index contributed by atoms with van der Waals surface area (Å²) in [6.45, 7) is 4.55. The molecule has 0 spiro atoms. The van der Waals surface area contributed by atoms with E-state index in [1.54, 1.807) is 23.1 Å². The van der Waals surface area contributed by atoms with Crippen molar-refractivity contribution >= 4 is 39.2 Å². The number of benzene rings is 1. The van der Waals surface area contributed by atoms with Gasteiger partial charge in [-0.15, -0.1) is 11.3 Å².